The predicted molar refractivity (Wildman–Crippen MR) is 116 cm³/mol. The maximum absolute atomic E-state index is 11.3. The van der Waals surface area contributed by atoms with E-state index in [9.17, 15) is 8.42 Å². The van der Waals surface area contributed by atoms with Crippen LogP contribution in [-0.4, -0.2) is 34.6 Å². The van der Waals surface area contributed by atoms with Crippen LogP contribution in [0.5, 0.6) is 5.75 Å². The Bertz CT molecular complexity index is 820. The van der Waals surface area contributed by atoms with Crippen LogP contribution < -0.4 is 20.5 Å². The van der Waals surface area contributed by atoms with Crippen LogP contribution in [-0.2, 0) is 16.6 Å². The van der Waals surface area contributed by atoms with Crippen LogP contribution in [0.1, 0.15) is 10.4 Å². The zero-order valence-electron chi connectivity index (χ0n) is 14.6. The van der Waals surface area contributed by atoms with Gasteiger partial charge in [0.2, 0.25) is 10.0 Å². The summed E-state index contributed by atoms with van der Waals surface area (Å²) in [5.41, 5.74) is 1.19. The van der Waals surface area contributed by atoms with Crippen molar-refractivity contribution in [3.8, 4) is 5.75 Å². The summed E-state index contributed by atoms with van der Waals surface area (Å²) in [4.78, 5) is 4.97. The number of thiophene rings is 1. The molecule has 1 aromatic heterocycles. The number of ether oxygens (including phenoxy) is 1. The first-order valence-electron chi connectivity index (χ1n) is 7.64. The topological polar surface area (TPSA) is 106 Å². The van der Waals surface area contributed by atoms with Crippen LogP contribution in [0.3, 0.4) is 0 Å². The molecule has 0 atom stereocenters. The molecular formula is C16H23IN4O3S2. The third-order valence-corrected chi connectivity index (χ3v) is 5.78. The van der Waals surface area contributed by atoms with Gasteiger partial charge in [0.05, 0.1) is 13.1 Å². The summed E-state index contributed by atoms with van der Waals surface area (Å²) in [6, 6.07) is 11.1. The number of benzene rings is 1. The molecule has 0 aliphatic rings. The van der Waals surface area contributed by atoms with Crippen molar-refractivity contribution in [2.75, 3.05) is 20.2 Å². The van der Waals surface area contributed by atoms with Gasteiger partial charge in [0.1, 0.15) is 16.6 Å². The highest BCUT2D eigenvalue weighted by Gasteiger charge is 2.11. The zero-order valence-corrected chi connectivity index (χ0v) is 18.5. The number of rotatable bonds is 7. The summed E-state index contributed by atoms with van der Waals surface area (Å²) >= 11 is 1.14. The van der Waals surface area contributed by atoms with E-state index in [2.05, 4.69) is 15.6 Å². The highest BCUT2D eigenvalue weighted by atomic mass is 127. The standard InChI is InChI=1S/C16H22N4O3S2.HI/c1-12-3-5-13(6-4-12)23-10-9-19-16(18-2)20-11-14-7-8-15(24-14)25(17,21)22;/h3-8H,9-11H2,1-2H3,(H2,17,21,22)(H2,18,19,20);1H. The summed E-state index contributed by atoms with van der Waals surface area (Å²) in [6.45, 7) is 3.57. The fourth-order valence-corrected chi connectivity index (χ4v) is 3.69. The molecular weight excluding hydrogens is 487 g/mol. The minimum atomic E-state index is -3.64. The van der Waals surface area contributed by atoms with Crippen LogP contribution in [0, 0.1) is 6.92 Å². The number of nitrogens with one attached hydrogen (secondary N) is 2. The average Bonchev–Trinajstić information content (AvgIpc) is 3.05. The highest BCUT2D eigenvalue weighted by Crippen LogP contribution is 2.19. The zero-order chi connectivity index (χ0) is 18.3. The highest BCUT2D eigenvalue weighted by molar-refractivity contribution is 14.0. The molecule has 2 rings (SSSR count). The van der Waals surface area contributed by atoms with Gasteiger partial charge in [-0.15, -0.1) is 35.3 Å². The number of primary sulfonamides is 1. The van der Waals surface area contributed by atoms with Crippen molar-refractivity contribution >= 4 is 51.3 Å². The van der Waals surface area contributed by atoms with Gasteiger partial charge in [-0.2, -0.15) is 0 Å². The van der Waals surface area contributed by atoms with Crippen molar-refractivity contribution in [1.82, 2.24) is 10.6 Å². The lowest BCUT2D eigenvalue weighted by Crippen LogP contribution is -2.38. The number of sulfonamides is 1. The third-order valence-electron chi connectivity index (χ3n) is 3.26. The van der Waals surface area contributed by atoms with Gasteiger partial charge in [-0.3, -0.25) is 4.99 Å². The van der Waals surface area contributed by atoms with Crippen LogP contribution in [0.2, 0.25) is 0 Å². The second-order valence-electron chi connectivity index (χ2n) is 5.28. The molecule has 0 spiro atoms. The number of halogens is 1. The van der Waals surface area contributed by atoms with E-state index in [1.807, 2.05) is 31.2 Å². The molecule has 1 heterocycles. The molecule has 1 aromatic carbocycles. The number of hydrogen-bond acceptors (Lipinski definition) is 5. The summed E-state index contributed by atoms with van der Waals surface area (Å²) < 4.78 is 28.3. The van der Waals surface area contributed by atoms with E-state index in [0.29, 0.717) is 25.7 Å². The summed E-state index contributed by atoms with van der Waals surface area (Å²) in [5.74, 6) is 1.43. The monoisotopic (exact) mass is 510 g/mol. The van der Waals surface area contributed by atoms with E-state index < -0.39 is 10.0 Å². The van der Waals surface area contributed by atoms with Gasteiger partial charge in [-0.1, -0.05) is 17.7 Å². The molecule has 0 unspecified atom stereocenters. The maximum atomic E-state index is 11.3. The first-order chi connectivity index (χ1) is 11.9. The fraction of sp³-hybridized carbons (Fsp3) is 0.312. The van der Waals surface area contributed by atoms with Crippen LogP contribution in [0.15, 0.2) is 45.6 Å². The Morgan fingerprint density at radius 2 is 1.88 bits per heavy atom. The molecule has 0 fully saturated rings. The van der Waals surface area contributed by atoms with Crippen molar-refractivity contribution < 1.29 is 13.2 Å². The molecule has 7 nitrogen and oxygen atoms in total. The largest absolute Gasteiger partial charge is 0.492 e. The molecule has 0 saturated carbocycles. The SMILES string of the molecule is CN=C(NCCOc1ccc(C)cc1)NCc1ccc(S(N)(=O)=O)s1.I. The van der Waals surface area contributed by atoms with E-state index >= 15 is 0 Å². The van der Waals surface area contributed by atoms with Gasteiger partial charge in [-0.05, 0) is 31.2 Å². The number of aryl methyl sites for hydroxylation is 1. The number of nitrogens with zero attached hydrogens (tertiary/aromatic N) is 1. The van der Waals surface area contributed by atoms with Crippen LogP contribution in [0.25, 0.3) is 0 Å². The Morgan fingerprint density at radius 3 is 2.46 bits per heavy atom. The minimum Gasteiger partial charge on any atom is -0.492 e. The van der Waals surface area contributed by atoms with Gasteiger partial charge >= 0.3 is 0 Å². The quantitative estimate of drug-likeness (QED) is 0.229. The Balaban J connectivity index is 0.00000338. The van der Waals surface area contributed by atoms with Crippen molar-refractivity contribution in [3.05, 3.63) is 46.8 Å². The van der Waals surface area contributed by atoms with Crippen molar-refractivity contribution in [3.63, 3.8) is 0 Å². The molecule has 0 amide bonds. The smallest absolute Gasteiger partial charge is 0.247 e. The first kappa shape index (κ1) is 22.7. The Kier molecular flexibility index (Phi) is 9.33. The van der Waals surface area contributed by atoms with Crippen LogP contribution in [0.4, 0.5) is 0 Å². The third kappa shape index (κ3) is 7.48. The fourth-order valence-electron chi connectivity index (χ4n) is 1.97. The molecule has 0 saturated heterocycles. The van der Waals surface area contributed by atoms with Gasteiger partial charge in [0.25, 0.3) is 0 Å². The number of hydrogen-bond donors (Lipinski definition) is 3. The van der Waals surface area contributed by atoms with Gasteiger partial charge < -0.3 is 15.4 Å². The molecule has 26 heavy (non-hydrogen) atoms. The molecule has 0 aliphatic carbocycles. The van der Waals surface area contributed by atoms with E-state index in [1.165, 1.54) is 11.6 Å². The van der Waals surface area contributed by atoms with E-state index in [-0.39, 0.29) is 28.2 Å². The summed E-state index contributed by atoms with van der Waals surface area (Å²) in [6.07, 6.45) is 0. The Labute approximate surface area is 175 Å². The molecule has 0 aliphatic heterocycles. The number of guanidine groups is 1. The van der Waals surface area contributed by atoms with Crippen molar-refractivity contribution in [2.45, 2.75) is 17.7 Å². The average molecular weight is 510 g/mol. The molecule has 144 valence electrons. The number of nitrogens with two attached hydrogens (primary N) is 1. The lowest BCUT2D eigenvalue weighted by Gasteiger charge is -2.12. The second kappa shape index (κ2) is 10.7. The van der Waals surface area contributed by atoms with Gasteiger partial charge in [-0.25, -0.2) is 13.6 Å². The lowest BCUT2D eigenvalue weighted by molar-refractivity contribution is 0.322. The Morgan fingerprint density at radius 1 is 1.19 bits per heavy atom. The molecule has 0 radical (unpaired) electrons. The minimum absolute atomic E-state index is 0. The summed E-state index contributed by atoms with van der Waals surface area (Å²) in [5, 5.41) is 11.4. The summed E-state index contributed by atoms with van der Waals surface area (Å²) in [7, 11) is -1.98. The number of aliphatic imine (C=N–C) groups is 1. The Hall–Kier alpha value is -1.37. The van der Waals surface area contributed by atoms with Crippen LogP contribution >= 0.6 is 35.3 Å². The van der Waals surface area contributed by atoms with Gasteiger partial charge in [0.15, 0.2) is 5.96 Å². The van der Waals surface area contributed by atoms with E-state index in [4.69, 9.17) is 9.88 Å². The van der Waals surface area contributed by atoms with E-state index in [0.717, 1.165) is 22.0 Å². The van der Waals surface area contributed by atoms with Crippen molar-refractivity contribution in [1.29, 1.82) is 0 Å². The normalized spacial score (nSPS) is 11.6. The predicted octanol–water partition coefficient (Wildman–Crippen LogP) is 2.07. The van der Waals surface area contributed by atoms with Crippen molar-refractivity contribution in [2.24, 2.45) is 10.1 Å². The second-order valence-corrected chi connectivity index (χ2v) is 8.24. The lowest BCUT2D eigenvalue weighted by atomic mass is 10.2. The van der Waals surface area contributed by atoms with E-state index in [1.54, 1.807) is 13.1 Å². The first-order valence-corrected chi connectivity index (χ1v) is 10.0. The molecule has 4 N–H and O–H groups in total. The van der Waals surface area contributed by atoms with Gasteiger partial charge in [0, 0.05) is 11.9 Å². The molecule has 2 aromatic rings. The molecule has 0 bridgehead atoms. The molecule has 10 heteroatoms. The maximum Gasteiger partial charge on any atom is 0.247 e.